The zero-order valence-electron chi connectivity index (χ0n) is 11.2. The van der Waals surface area contributed by atoms with Crippen molar-refractivity contribution in [2.75, 3.05) is 14.2 Å². The number of nitro benzene ring substituents is 1. The Bertz CT molecular complexity index is 527. The quantitative estimate of drug-likeness (QED) is 0.371. The number of rotatable bonds is 5. The van der Waals surface area contributed by atoms with Crippen LogP contribution < -0.4 is 5.32 Å². The monoisotopic (exact) mass is 282 g/mol. The number of nitro groups is 1. The first-order chi connectivity index (χ1) is 9.34. The largest absolute Gasteiger partial charge is 0.465 e. The summed E-state index contributed by atoms with van der Waals surface area (Å²) in [4.78, 5) is 33.4. The van der Waals surface area contributed by atoms with Crippen LogP contribution in [0.4, 0.5) is 5.69 Å². The molecule has 1 N–H and O–H groups in total. The van der Waals surface area contributed by atoms with Crippen molar-refractivity contribution < 1.29 is 24.0 Å². The fourth-order valence-electron chi connectivity index (χ4n) is 1.40. The Morgan fingerprint density at radius 2 is 1.80 bits per heavy atom. The van der Waals surface area contributed by atoms with Gasteiger partial charge in [0.1, 0.15) is 0 Å². The van der Waals surface area contributed by atoms with Gasteiger partial charge in [-0.2, -0.15) is 0 Å². The Morgan fingerprint density at radius 3 is 2.20 bits per heavy atom. The van der Waals surface area contributed by atoms with Gasteiger partial charge in [0.25, 0.3) is 11.6 Å². The number of nitrogens with zero attached hydrogens (tertiary/aromatic N) is 1. The summed E-state index contributed by atoms with van der Waals surface area (Å²) in [6, 6.07) is 4.94. The third-order valence-corrected chi connectivity index (χ3v) is 2.68. The molecule has 1 aromatic carbocycles. The average Bonchev–Trinajstić information content (AvgIpc) is 2.46. The summed E-state index contributed by atoms with van der Waals surface area (Å²) in [6.07, 6.45) is 0. The van der Waals surface area contributed by atoms with E-state index in [9.17, 15) is 19.7 Å². The second kappa shape index (κ2) is 6.11. The van der Waals surface area contributed by atoms with Crippen molar-refractivity contribution >= 4 is 17.6 Å². The molecule has 0 aromatic heterocycles. The summed E-state index contributed by atoms with van der Waals surface area (Å²) >= 11 is 0. The van der Waals surface area contributed by atoms with Crippen LogP contribution in [-0.2, 0) is 14.3 Å². The molecular formula is C12H14N2O6. The Labute approximate surface area is 114 Å². The zero-order chi connectivity index (χ0) is 15.3. The van der Waals surface area contributed by atoms with E-state index < -0.39 is 22.5 Å². The number of esters is 1. The Balaban J connectivity index is 2.90. The van der Waals surface area contributed by atoms with Gasteiger partial charge in [-0.05, 0) is 19.1 Å². The van der Waals surface area contributed by atoms with E-state index in [1.54, 1.807) is 0 Å². The predicted octanol–water partition coefficient (Wildman–Crippen LogP) is 0.860. The molecule has 1 atom stereocenters. The molecule has 0 bridgehead atoms. The molecule has 0 unspecified atom stereocenters. The molecule has 0 aliphatic heterocycles. The highest BCUT2D eigenvalue weighted by molar-refractivity contribution is 5.97. The van der Waals surface area contributed by atoms with Crippen molar-refractivity contribution in [3.8, 4) is 0 Å². The van der Waals surface area contributed by atoms with E-state index in [2.05, 4.69) is 10.1 Å². The molecule has 8 nitrogen and oxygen atoms in total. The fourth-order valence-corrected chi connectivity index (χ4v) is 1.40. The minimum Gasteiger partial charge on any atom is -0.465 e. The van der Waals surface area contributed by atoms with Crippen LogP contribution in [0.25, 0.3) is 0 Å². The summed E-state index contributed by atoms with van der Waals surface area (Å²) in [5, 5.41) is 12.9. The maximum absolute atomic E-state index is 12.0. The molecule has 1 rings (SSSR count). The van der Waals surface area contributed by atoms with E-state index in [-0.39, 0.29) is 11.3 Å². The zero-order valence-corrected chi connectivity index (χ0v) is 11.2. The minimum absolute atomic E-state index is 0.135. The lowest BCUT2D eigenvalue weighted by Gasteiger charge is -2.25. The summed E-state index contributed by atoms with van der Waals surface area (Å²) in [5.74, 6) is -1.38. The van der Waals surface area contributed by atoms with E-state index in [1.165, 1.54) is 38.3 Å². The maximum atomic E-state index is 12.0. The van der Waals surface area contributed by atoms with Crippen LogP contribution in [0.3, 0.4) is 0 Å². The second-order valence-corrected chi connectivity index (χ2v) is 3.99. The van der Waals surface area contributed by atoms with Gasteiger partial charge in [0, 0.05) is 24.8 Å². The van der Waals surface area contributed by atoms with Gasteiger partial charge in [-0.25, -0.2) is 4.79 Å². The molecular weight excluding hydrogens is 268 g/mol. The number of benzene rings is 1. The molecule has 8 heteroatoms. The molecule has 0 radical (unpaired) electrons. The standard InChI is InChI=1S/C12H14N2O6/c1-12(20-3,11(16)19-2)13-10(15)8-4-6-9(7-5-8)14(17)18/h4-7H,1-3H3,(H,13,15)/t12-/m1/s1. The Hall–Kier alpha value is -2.48. The van der Waals surface area contributed by atoms with Crippen molar-refractivity contribution in [2.24, 2.45) is 0 Å². The third kappa shape index (κ3) is 3.29. The van der Waals surface area contributed by atoms with Crippen molar-refractivity contribution in [3.05, 3.63) is 39.9 Å². The van der Waals surface area contributed by atoms with E-state index >= 15 is 0 Å². The molecule has 0 aliphatic rings. The lowest BCUT2D eigenvalue weighted by Crippen LogP contribution is -2.54. The number of ether oxygens (including phenoxy) is 2. The first-order valence-corrected chi connectivity index (χ1v) is 5.54. The highest BCUT2D eigenvalue weighted by atomic mass is 16.6. The van der Waals surface area contributed by atoms with Crippen LogP contribution in [-0.4, -0.2) is 36.7 Å². The number of nitrogens with one attached hydrogen (secondary N) is 1. The van der Waals surface area contributed by atoms with Crippen molar-refractivity contribution in [1.29, 1.82) is 0 Å². The molecule has 20 heavy (non-hydrogen) atoms. The van der Waals surface area contributed by atoms with Gasteiger partial charge in [-0.15, -0.1) is 0 Å². The Morgan fingerprint density at radius 1 is 1.25 bits per heavy atom. The number of carbonyl (C=O) groups is 2. The second-order valence-electron chi connectivity index (χ2n) is 3.99. The van der Waals surface area contributed by atoms with Crippen LogP contribution in [0.2, 0.25) is 0 Å². The van der Waals surface area contributed by atoms with Crippen LogP contribution in [0.5, 0.6) is 0 Å². The molecule has 0 saturated carbocycles. The highest BCUT2D eigenvalue weighted by Gasteiger charge is 2.36. The summed E-state index contributed by atoms with van der Waals surface area (Å²) in [6.45, 7) is 1.34. The summed E-state index contributed by atoms with van der Waals surface area (Å²) < 4.78 is 9.46. The van der Waals surface area contributed by atoms with Gasteiger partial charge >= 0.3 is 5.97 Å². The smallest absolute Gasteiger partial charge is 0.359 e. The molecule has 1 amide bonds. The minimum atomic E-state index is -1.63. The first kappa shape index (κ1) is 15.6. The van der Waals surface area contributed by atoms with Crippen LogP contribution in [0.15, 0.2) is 24.3 Å². The van der Waals surface area contributed by atoms with E-state index in [1.807, 2.05) is 0 Å². The van der Waals surface area contributed by atoms with E-state index in [0.717, 1.165) is 7.11 Å². The van der Waals surface area contributed by atoms with Gasteiger partial charge in [-0.3, -0.25) is 14.9 Å². The molecule has 108 valence electrons. The molecule has 1 aromatic rings. The fraction of sp³-hybridized carbons (Fsp3) is 0.333. The lowest BCUT2D eigenvalue weighted by atomic mass is 10.1. The van der Waals surface area contributed by atoms with Gasteiger partial charge < -0.3 is 14.8 Å². The number of non-ortho nitro benzene ring substituents is 1. The van der Waals surface area contributed by atoms with Gasteiger partial charge in [0.05, 0.1) is 12.0 Å². The normalized spacial score (nSPS) is 13.2. The van der Waals surface area contributed by atoms with Crippen LogP contribution >= 0.6 is 0 Å². The van der Waals surface area contributed by atoms with Gasteiger partial charge in [-0.1, -0.05) is 0 Å². The summed E-state index contributed by atoms with van der Waals surface area (Å²) in [5.41, 5.74) is -1.61. The van der Waals surface area contributed by atoms with E-state index in [0.29, 0.717) is 0 Å². The molecule has 0 aliphatic carbocycles. The SMILES string of the molecule is COC(=O)[C@](C)(NC(=O)c1ccc([N+](=O)[O-])cc1)OC. The molecule has 0 heterocycles. The van der Waals surface area contributed by atoms with Gasteiger partial charge in [0.2, 0.25) is 5.72 Å². The molecule has 0 saturated heterocycles. The van der Waals surface area contributed by atoms with Crippen molar-refractivity contribution in [1.82, 2.24) is 5.32 Å². The number of methoxy groups -OCH3 is 2. The highest BCUT2D eigenvalue weighted by Crippen LogP contribution is 2.14. The number of amides is 1. The average molecular weight is 282 g/mol. The summed E-state index contributed by atoms with van der Waals surface area (Å²) in [7, 11) is 2.41. The maximum Gasteiger partial charge on any atom is 0.359 e. The molecule has 0 spiro atoms. The number of hydrogen-bond acceptors (Lipinski definition) is 6. The third-order valence-electron chi connectivity index (χ3n) is 2.68. The number of hydrogen-bond donors (Lipinski definition) is 1. The van der Waals surface area contributed by atoms with Crippen molar-refractivity contribution in [2.45, 2.75) is 12.6 Å². The Kier molecular flexibility index (Phi) is 4.76. The lowest BCUT2D eigenvalue weighted by molar-refractivity contribution is -0.384. The van der Waals surface area contributed by atoms with Crippen LogP contribution in [0.1, 0.15) is 17.3 Å². The van der Waals surface area contributed by atoms with Crippen LogP contribution in [0, 0.1) is 10.1 Å². The van der Waals surface area contributed by atoms with Gasteiger partial charge in [0.15, 0.2) is 0 Å². The number of carbonyl (C=O) groups excluding carboxylic acids is 2. The van der Waals surface area contributed by atoms with E-state index in [4.69, 9.17) is 4.74 Å². The van der Waals surface area contributed by atoms with Crippen molar-refractivity contribution in [3.63, 3.8) is 0 Å². The first-order valence-electron chi connectivity index (χ1n) is 5.54. The molecule has 0 fully saturated rings. The topological polar surface area (TPSA) is 108 Å². The predicted molar refractivity (Wildman–Crippen MR) is 68.0 cm³/mol.